The summed E-state index contributed by atoms with van der Waals surface area (Å²) in [6, 6.07) is 6.71. The lowest BCUT2D eigenvalue weighted by Crippen LogP contribution is -2.28. The number of hydrazine groups is 1. The van der Waals surface area contributed by atoms with Crippen molar-refractivity contribution in [1.29, 1.82) is 0 Å². The Hall–Kier alpha value is -1.20. The van der Waals surface area contributed by atoms with Crippen molar-refractivity contribution in [2.24, 2.45) is 11.8 Å². The quantitative estimate of drug-likeness (QED) is 0.582. The van der Waals surface area contributed by atoms with E-state index >= 15 is 0 Å². The van der Waals surface area contributed by atoms with Gasteiger partial charge in [-0.1, -0.05) is 25.0 Å². The van der Waals surface area contributed by atoms with Crippen LogP contribution in [0.15, 0.2) is 24.3 Å². The Bertz CT molecular complexity index is 366. The Morgan fingerprint density at radius 2 is 1.94 bits per heavy atom. The van der Waals surface area contributed by atoms with E-state index in [0.29, 0.717) is 0 Å². The minimum atomic E-state index is -2.78. The van der Waals surface area contributed by atoms with Gasteiger partial charge in [0.25, 0.3) is 0 Å². The molecule has 0 heterocycles. The van der Waals surface area contributed by atoms with Gasteiger partial charge in [0.1, 0.15) is 5.75 Å². The molecule has 18 heavy (non-hydrogen) atoms. The number of rotatable bonds is 7. The molecule has 1 saturated carbocycles. The highest BCUT2D eigenvalue weighted by Gasteiger charge is 2.22. The van der Waals surface area contributed by atoms with Gasteiger partial charge in [-0.15, -0.1) is 0 Å². The summed E-state index contributed by atoms with van der Waals surface area (Å²) in [6.45, 7) is -2.78. The standard InChI is InChI=1S/C13H18F2N2O/c14-13(15)18-11-6-4-10(5-7-11)12(17-16)8-3-9-1-2-9/h4-7,9,12-13,17H,1-3,8,16H2. The molecular formula is C13H18F2N2O. The molecule has 0 spiro atoms. The fraction of sp³-hybridized carbons (Fsp3) is 0.538. The molecule has 1 fully saturated rings. The second kappa shape index (κ2) is 6.11. The number of nitrogens with one attached hydrogen (secondary N) is 1. The summed E-state index contributed by atoms with van der Waals surface area (Å²) in [7, 11) is 0. The van der Waals surface area contributed by atoms with Crippen LogP contribution in [0.2, 0.25) is 0 Å². The molecule has 3 N–H and O–H groups in total. The first-order valence-electron chi connectivity index (χ1n) is 6.20. The van der Waals surface area contributed by atoms with Crippen LogP contribution in [-0.2, 0) is 0 Å². The van der Waals surface area contributed by atoms with Crippen molar-refractivity contribution in [2.45, 2.75) is 38.3 Å². The Morgan fingerprint density at radius 3 is 2.44 bits per heavy atom. The van der Waals surface area contributed by atoms with Crippen LogP contribution >= 0.6 is 0 Å². The number of alkyl halides is 2. The summed E-state index contributed by atoms with van der Waals surface area (Å²) in [5, 5.41) is 0. The highest BCUT2D eigenvalue weighted by molar-refractivity contribution is 5.29. The maximum absolute atomic E-state index is 12.0. The zero-order valence-electron chi connectivity index (χ0n) is 10.1. The topological polar surface area (TPSA) is 47.3 Å². The fourth-order valence-electron chi connectivity index (χ4n) is 2.04. The first-order valence-corrected chi connectivity index (χ1v) is 6.20. The molecule has 0 aromatic heterocycles. The molecule has 1 aliphatic carbocycles. The van der Waals surface area contributed by atoms with E-state index in [-0.39, 0.29) is 11.8 Å². The molecule has 5 heteroatoms. The van der Waals surface area contributed by atoms with E-state index in [2.05, 4.69) is 10.2 Å². The number of nitrogens with two attached hydrogens (primary N) is 1. The van der Waals surface area contributed by atoms with Gasteiger partial charge in [0, 0.05) is 6.04 Å². The van der Waals surface area contributed by atoms with E-state index < -0.39 is 6.61 Å². The maximum Gasteiger partial charge on any atom is 0.387 e. The third-order valence-electron chi connectivity index (χ3n) is 3.27. The first-order chi connectivity index (χ1) is 8.69. The molecule has 100 valence electrons. The molecule has 0 radical (unpaired) electrons. The summed E-state index contributed by atoms with van der Waals surface area (Å²) >= 11 is 0. The molecule has 3 nitrogen and oxygen atoms in total. The van der Waals surface area contributed by atoms with Crippen LogP contribution in [0.5, 0.6) is 5.75 Å². The second-order valence-electron chi connectivity index (χ2n) is 4.69. The molecule has 1 atom stereocenters. The van der Waals surface area contributed by atoms with E-state index in [9.17, 15) is 8.78 Å². The van der Waals surface area contributed by atoms with Crippen LogP contribution in [0.25, 0.3) is 0 Å². The predicted octanol–water partition coefficient (Wildman–Crippen LogP) is 2.98. The van der Waals surface area contributed by atoms with Crippen LogP contribution in [0.3, 0.4) is 0 Å². The highest BCUT2D eigenvalue weighted by Crippen LogP contribution is 2.35. The number of ether oxygens (including phenoxy) is 1. The highest BCUT2D eigenvalue weighted by atomic mass is 19.3. The summed E-state index contributed by atoms with van der Waals surface area (Å²) in [4.78, 5) is 0. The van der Waals surface area contributed by atoms with Crippen molar-refractivity contribution in [3.8, 4) is 5.75 Å². The van der Waals surface area contributed by atoms with E-state index in [1.807, 2.05) is 0 Å². The molecule has 1 aromatic carbocycles. The predicted molar refractivity (Wildman–Crippen MR) is 65.1 cm³/mol. The average molecular weight is 256 g/mol. The Kier molecular flexibility index (Phi) is 4.49. The van der Waals surface area contributed by atoms with Crippen molar-refractivity contribution in [2.75, 3.05) is 0 Å². The molecule has 0 aliphatic heterocycles. The lowest BCUT2D eigenvalue weighted by atomic mass is 10.0. The molecule has 2 rings (SSSR count). The number of hydrogen-bond acceptors (Lipinski definition) is 3. The average Bonchev–Trinajstić information content (AvgIpc) is 3.15. The van der Waals surface area contributed by atoms with Crippen molar-refractivity contribution < 1.29 is 13.5 Å². The minimum absolute atomic E-state index is 0.0752. The monoisotopic (exact) mass is 256 g/mol. The van der Waals surface area contributed by atoms with Crippen molar-refractivity contribution in [3.63, 3.8) is 0 Å². The molecule has 0 saturated heterocycles. The first kappa shape index (κ1) is 13.2. The normalized spacial score (nSPS) is 16.9. The molecular weight excluding hydrogens is 238 g/mol. The summed E-state index contributed by atoms with van der Waals surface area (Å²) in [5.74, 6) is 6.55. The van der Waals surface area contributed by atoms with Crippen LogP contribution in [-0.4, -0.2) is 6.61 Å². The van der Waals surface area contributed by atoms with Gasteiger partial charge in [-0.2, -0.15) is 8.78 Å². The SMILES string of the molecule is NNC(CCC1CC1)c1ccc(OC(F)F)cc1. The molecule has 0 bridgehead atoms. The zero-order chi connectivity index (χ0) is 13.0. The van der Waals surface area contributed by atoms with Crippen LogP contribution in [0, 0.1) is 5.92 Å². The third kappa shape index (κ3) is 3.92. The van der Waals surface area contributed by atoms with Crippen LogP contribution < -0.4 is 16.0 Å². The van der Waals surface area contributed by atoms with E-state index in [4.69, 9.17) is 5.84 Å². The van der Waals surface area contributed by atoms with Gasteiger partial charge in [-0.3, -0.25) is 11.3 Å². The smallest absolute Gasteiger partial charge is 0.387 e. The van der Waals surface area contributed by atoms with Gasteiger partial charge in [0.2, 0.25) is 0 Å². The number of halogens is 2. The van der Waals surface area contributed by atoms with Crippen LogP contribution in [0.1, 0.15) is 37.3 Å². The summed E-state index contributed by atoms with van der Waals surface area (Å²) in [5.41, 5.74) is 3.77. The summed E-state index contributed by atoms with van der Waals surface area (Å²) in [6.07, 6.45) is 4.76. The third-order valence-corrected chi connectivity index (χ3v) is 3.27. The van der Waals surface area contributed by atoms with Crippen LogP contribution in [0.4, 0.5) is 8.78 Å². The Balaban J connectivity index is 1.92. The van der Waals surface area contributed by atoms with Gasteiger partial charge >= 0.3 is 6.61 Å². The van der Waals surface area contributed by atoms with Gasteiger partial charge in [-0.25, -0.2) is 0 Å². The fourth-order valence-corrected chi connectivity index (χ4v) is 2.04. The molecule has 1 unspecified atom stereocenters. The second-order valence-corrected chi connectivity index (χ2v) is 4.69. The largest absolute Gasteiger partial charge is 0.435 e. The maximum atomic E-state index is 12.0. The van der Waals surface area contributed by atoms with Gasteiger partial charge in [-0.05, 0) is 36.5 Å². The van der Waals surface area contributed by atoms with Crippen molar-refractivity contribution in [1.82, 2.24) is 5.43 Å². The Morgan fingerprint density at radius 1 is 1.28 bits per heavy atom. The van der Waals surface area contributed by atoms with Gasteiger partial charge < -0.3 is 4.74 Å². The van der Waals surface area contributed by atoms with Crippen molar-refractivity contribution >= 4 is 0 Å². The molecule has 1 aliphatic rings. The minimum Gasteiger partial charge on any atom is -0.435 e. The van der Waals surface area contributed by atoms with E-state index in [1.165, 1.54) is 12.8 Å². The van der Waals surface area contributed by atoms with Gasteiger partial charge in [0.15, 0.2) is 0 Å². The van der Waals surface area contributed by atoms with E-state index in [0.717, 1.165) is 24.3 Å². The van der Waals surface area contributed by atoms with Gasteiger partial charge in [0.05, 0.1) is 0 Å². The number of hydrogen-bond donors (Lipinski definition) is 2. The zero-order valence-corrected chi connectivity index (χ0v) is 10.1. The molecule has 1 aromatic rings. The lowest BCUT2D eigenvalue weighted by molar-refractivity contribution is -0.0498. The van der Waals surface area contributed by atoms with Crippen molar-refractivity contribution in [3.05, 3.63) is 29.8 Å². The summed E-state index contributed by atoms with van der Waals surface area (Å²) < 4.78 is 28.3. The Labute approximate surface area is 105 Å². The number of benzene rings is 1. The molecule has 0 amide bonds. The van der Waals surface area contributed by atoms with E-state index in [1.54, 1.807) is 24.3 Å². The lowest BCUT2D eigenvalue weighted by Gasteiger charge is -2.16.